The van der Waals surface area contributed by atoms with Crippen molar-refractivity contribution in [1.82, 2.24) is 19.1 Å². The van der Waals surface area contributed by atoms with Gasteiger partial charge in [0.15, 0.2) is 22.9 Å². The molecule has 0 aliphatic carbocycles. The standard InChI is InChI=1S/C54H32N4O2/c1-3-15-33(16-4-1)34-17-13-18-36(31-34)49-52-50(40-23-9-11-26-45(40)60-52)56-53(55-49)39-22-8-7-21-38(39)35-29-30-43-42(32-35)48-41-24-14-28-47-51(41)58(44-25-10-12-27-46(44)59-47)54(48)57(43)37-19-5-2-6-20-37/h1-32H. The summed E-state index contributed by atoms with van der Waals surface area (Å²) in [6, 6.07) is 67.7. The van der Waals surface area contributed by atoms with E-state index in [0.717, 1.165) is 106 Å². The second-order valence-electron chi connectivity index (χ2n) is 15.3. The molecule has 0 N–H and O–H groups in total. The van der Waals surface area contributed by atoms with E-state index in [1.165, 1.54) is 5.39 Å². The Bertz CT molecular complexity index is 3690. The van der Waals surface area contributed by atoms with Crippen LogP contribution >= 0.6 is 0 Å². The van der Waals surface area contributed by atoms with Crippen LogP contribution in [-0.2, 0) is 0 Å². The van der Waals surface area contributed by atoms with Crippen LogP contribution in [0.2, 0.25) is 0 Å². The number of aromatic nitrogens is 4. The van der Waals surface area contributed by atoms with Gasteiger partial charge >= 0.3 is 0 Å². The van der Waals surface area contributed by atoms with Crippen LogP contribution in [0.4, 0.5) is 0 Å². The molecule has 0 amide bonds. The third-order valence-corrected chi connectivity index (χ3v) is 11.9. The van der Waals surface area contributed by atoms with E-state index in [9.17, 15) is 0 Å². The van der Waals surface area contributed by atoms with Crippen LogP contribution in [0.3, 0.4) is 0 Å². The van der Waals surface area contributed by atoms with E-state index in [2.05, 4.69) is 167 Å². The van der Waals surface area contributed by atoms with Crippen LogP contribution in [0.5, 0.6) is 11.5 Å². The maximum absolute atomic E-state index is 6.56. The van der Waals surface area contributed by atoms with Crippen molar-refractivity contribution in [2.45, 2.75) is 0 Å². The Morgan fingerprint density at radius 3 is 2.05 bits per heavy atom. The van der Waals surface area contributed by atoms with Gasteiger partial charge in [-0.2, -0.15) is 0 Å². The minimum absolute atomic E-state index is 0.637. The molecule has 0 saturated heterocycles. The topological polar surface area (TPSA) is 58.0 Å². The summed E-state index contributed by atoms with van der Waals surface area (Å²) in [4.78, 5) is 10.7. The molecular formula is C54H32N4O2. The first-order valence-corrected chi connectivity index (χ1v) is 20.2. The molecule has 0 spiro atoms. The minimum atomic E-state index is 0.637. The van der Waals surface area contributed by atoms with Crippen molar-refractivity contribution >= 4 is 54.9 Å². The number of hydrogen-bond acceptors (Lipinski definition) is 4. The number of hydrogen-bond donors (Lipinski definition) is 0. The van der Waals surface area contributed by atoms with E-state index in [4.69, 9.17) is 19.1 Å². The lowest BCUT2D eigenvalue weighted by atomic mass is 9.97. The van der Waals surface area contributed by atoms with Gasteiger partial charge in [0.2, 0.25) is 0 Å². The molecule has 0 radical (unpaired) electrons. The van der Waals surface area contributed by atoms with Gasteiger partial charge in [0.25, 0.3) is 0 Å². The zero-order valence-electron chi connectivity index (χ0n) is 32.1. The molecule has 1 aliphatic rings. The van der Waals surface area contributed by atoms with Crippen molar-refractivity contribution in [2.75, 3.05) is 0 Å². The lowest BCUT2D eigenvalue weighted by Gasteiger charge is -2.21. The van der Waals surface area contributed by atoms with Crippen molar-refractivity contribution in [1.29, 1.82) is 0 Å². The maximum atomic E-state index is 6.56. The van der Waals surface area contributed by atoms with E-state index >= 15 is 0 Å². The van der Waals surface area contributed by atoms with Crippen LogP contribution in [0.25, 0.3) is 111 Å². The number of para-hydroxylation sites is 5. The Morgan fingerprint density at radius 2 is 1.15 bits per heavy atom. The predicted octanol–water partition coefficient (Wildman–Crippen LogP) is 14.2. The van der Waals surface area contributed by atoms with Gasteiger partial charge in [0.05, 0.1) is 16.7 Å². The number of nitrogens with zero attached hydrogens (tertiary/aromatic N) is 4. The molecule has 12 aromatic rings. The number of benzene rings is 8. The summed E-state index contributed by atoms with van der Waals surface area (Å²) in [6.07, 6.45) is 0. The predicted molar refractivity (Wildman–Crippen MR) is 242 cm³/mol. The molecule has 4 aromatic heterocycles. The van der Waals surface area contributed by atoms with Crippen LogP contribution < -0.4 is 4.74 Å². The molecule has 1 aliphatic heterocycles. The summed E-state index contributed by atoms with van der Waals surface area (Å²) < 4.78 is 17.9. The van der Waals surface area contributed by atoms with Crippen molar-refractivity contribution in [3.05, 3.63) is 194 Å². The Morgan fingerprint density at radius 1 is 0.450 bits per heavy atom. The fourth-order valence-corrected chi connectivity index (χ4v) is 9.30. The summed E-state index contributed by atoms with van der Waals surface area (Å²) >= 11 is 0. The van der Waals surface area contributed by atoms with Gasteiger partial charge in [-0.3, -0.25) is 9.13 Å². The highest BCUT2D eigenvalue weighted by molar-refractivity contribution is 6.24. The van der Waals surface area contributed by atoms with Crippen molar-refractivity contribution in [2.24, 2.45) is 0 Å². The second-order valence-corrected chi connectivity index (χ2v) is 15.3. The smallest absolute Gasteiger partial charge is 0.180 e. The lowest BCUT2D eigenvalue weighted by Crippen LogP contribution is -2.06. The van der Waals surface area contributed by atoms with Crippen molar-refractivity contribution in [3.8, 4) is 67.8 Å². The van der Waals surface area contributed by atoms with Gasteiger partial charge in [-0.1, -0.05) is 133 Å². The monoisotopic (exact) mass is 768 g/mol. The van der Waals surface area contributed by atoms with E-state index in [-0.39, 0.29) is 0 Å². The van der Waals surface area contributed by atoms with E-state index in [0.29, 0.717) is 11.4 Å². The zero-order valence-corrected chi connectivity index (χ0v) is 32.1. The molecule has 0 fully saturated rings. The highest BCUT2D eigenvalue weighted by Crippen LogP contribution is 2.49. The highest BCUT2D eigenvalue weighted by Gasteiger charge is 2.29. The lowest BCUT2D eigenvalue weighted by molar-refractivity contribution is 0.476. The SMILES string of the molecule is c1ccc(-c2cccc(-c3nc(-c4ccccc4-c4ccc5c(c4)c4c6cccc7c6n(c4n5-c4ccccc4)-c4ccccc4O7)nc4c3oc3ccccc34)c2)cc1. The van der Waals surface area contributed by atoms with Gasteiger partial charge in [-0.05, 0) is 82.9 Å². The first kappa shape index (κ1) is 32.8. The summed E-state index contributed by atoms with van der Waals surface area (Å²) in [5, 5.41) is 4.43. The molecule has 0 atom stereocenters. The molecule has 6 nitrogen and oxygen atoms in total. The highest BCUT2D eigenvalue weighted by atomic mass is 16.5. The van der Waals surface area contributed by atoms with Gasteiger partial charge in [-0.15, -0.1) is 0 Å². The fraction of sp³-hybridized carbons (Fsp3) is 0. The van der Waals surface area contributed by atoms with Crippen molar-refractivity contribution in [3.63, 3.8) is 0 Å². The van der Waals surface area contributed by atoms with Gasteiger partial charge < -0.3 is 9.15 Å². The summed E-state index contributed by atoms with van der Waals surface area (Å²) in [5.74, 6) is 2.32. The Kier molecular flexibility index (Phi) is 6.91. The minimum Gasteiger partial charge on any atom is -0.453 e. The van der Waals surface area contributed by atoms with Gasteiger partial charge in [0.1, 0.15) is 22.4 Å². The molecule has 5 heterocycles. The quantitative estimate of drug-likeness (QED) is 0.175. The Labute approximate surface area is 343 Å². The van der Waals surface area contributed by atoms with Crippen LogP contribution in [0, 0.1) is 0 Å². The molecule has 0 saturated carbocycles. The summed E-state index contributed by atoms with van der Waals surface area (Å²) in [5.41, 5.74) is 14.7. The van der Waals surface area contributed by atoms with Gasteiger partial charge in [-0.25, -0.2) is 9.97 Å². The maximum Gasteiger partial charge on any atom is 0.180 e. The van der Waals surface area contributed by atoms with E-state index in [1.807, 2.05) is 36.4 Å². The average molecular weight is 769 g/mol. The third kappa shape index (κ3) is 4.76. The molecule has 8 aromatic carbocycles. The van der Waals surface area contributed by atoms with Crippen LogP contribution in [-0.4, -0.2) is 19.1 Å². The number of fused-ring (bicyclic) bond motifs is 10. The Hall–Kier alpha value is -8.22. The normalized spacial score (nSPS) is 12.1. The molecule has 0 unspecified atom stereocenters. The number of furan rings is 1. The fourth-order valence-electron chi connectivity index (χ4n) is 9.30. The first-order valence-electron chi connectivity index (χ1n) is 20.2. The van der Waals surface area contributed by atoms with E-state index in [1.54, 1.807) is 0 Å². The average Bonchev–Trinajstić information content (AvgIpc) is 3.98. The Balaban J connectivity index is 1.06. The zero-order chi connectivity index (χ0) is 39.3. The van der Waals surface area contributed by atoms with E-state index < -0.39 is 0 Å². The molecule has 280 valence electrons. The number of rotatable bonds is 5. The molecule has 13 rings (SSSR count). The van der Waals surface area contributed by atoms with Crippen LogP contribution in [0.15, 0.2) is 199 Å². The number of ether oxygens (including phenoxy) is 1. The first-order chi connectivity index (χ1) is 29.8. The summed E-state index contributed by atoms with van der Waals surface area (Å²) in [6.45, 7) is 0. The molecule has 60 heavy (non-hydrogen) atoms. The largest absolute Gasteiger partial charge is 0.453 e. The van der Waals surface area contributed by atoms with Crippen LogP contribution in [0.1, 0.15) is 0 Å². The molecule has 6 heteroatoms. The summed E-state index contributed by atoms with van der Waals surface area (Å²) in [7, 11) is 0. The second kappa shape index (κ2) is 12.6. The molecule has 0 bridgehead atoms. The third-order valence-electron chi connectivity index (χ3n) is 11.9. The molecular weight excluding hydrogens is 737 g/mol. The van der Waals surface area contributed by atoms with Crippen molar-refractivity contribution < 1.29 is 9.15 Å². The van der Waals surface area contributed by atoms with Gasteiger partial charge in [0, 0.05) is 38.4 Å².